The van der Waals surface area contributed by atoms with Gasteiger partial charge in [0.2, 0.25) is 0 Å². The zero-order valence-corrected chi connectivity index (χ0v) is 16.4. The molecule has 0 aromatic rings. The molecule has 0 amide bonds. The molecule has 0 aliphatic carbocycles. The summed E-state index contributed by atoms with van der Waals surface area (Å²) in [5.74, 6) is 0. The van der Waals surface area contributed by atoms with E-state index in [1.54, 1.807) is 0 Å². The van der Waals surface area contributed by atoms with Gasteiger partial charge in [0.05, 0.1) is 0 Å². The maximum Gasteiger partial charge on any atom is 0.184 e. The molecular weight excluding hydrogens is 272 g/mol. The fourth-order valence-electron chi connectivity index (χ4n) is 2.58. The number of hydrogen-bond acceptors (Lipinski definition) is 1. The van der Waals surface area contributed by atoms with Gasteiger partial charge in [-0.1, -0.05) is 58.1 Å². The second-order valence-electron chi connectivity index (χ2n) is 7.25. The van der Waals surface area contributed by atoms with Crippen LogP contribution in [0.4, 0.5) is 0 Å². The van der Waals surface area contributed by atoms with Gasteiger partial charge in [0.15, 0.2) is 8.32 Å². The van der Waals surface area contributed by atoms with Crippen molar-refractivity contribution in [2.24, 2.45) is 0 Å². The summed E-state index contributed by atoms with van der Waals surface area (Å²) < 4.78 is 6.33. The molecule has 0 saturated heterocycles. The van der Waals surface area contributed by atoms with Gasteiger partial charge in [0.25, 0.3) is 0 Å². The minimum Gasteiger partial charge on any atom is -0.415 e. The molecular formula is C19H40OSi. The maximum atomic E-state index is 6.33. The van der Waals surface area contributed by atoms with Gasteiger partial charge < -0.3 is 4.43 Å². The van der Waals surface area contributed by atoms with Crippen LogP contribution >= 0.6 is 0 Å². The quantitative estimate of drug-likeness (QED) is 0.189. The Bertz CT molecular complexity index is 242. The Kier molecular flexibility index (Phi) is 13.5. The predicted molar refractivity (Wildman–Crippen MR) is 99.5 cm³/mol. The van der Waals surface area contributed by atoms with Crippen LogP contribution in [0.15, 0.2) is 12.2 Å². The van der Waals surface area contributed by atoms with E-state index in [4.69, 9.17) is 4.43 Å². The third-order valence-electron chi connectivity index (χ3n) is 3.69. The molecule has 2 heteroatoms. The van der Waals surface area contributed by atoms with E-state index in [1.165, 1.54) is 70.6 Å². The molecule has 0 aromatic heterocycles. The SMILES string of the molecule is CCCCCCC=CCCCC(CCCC)O[Si](C)(C)C. The van der Waals surface area contributed by atoms with Gasteiger partial charge in [0, 0.05) is 6.10 Å². The van der Waals surface area contributed by atoms with E-state index in [0.717, 1.165) is 0 Å². The van der Waals surface area contributed by atoms with E-state index >= 15 is 0 Å². The second-order valence-corrected chi connectivity index (χ2v) is 11.7. The first kappa shape index (κ1) is 20.9. The van der Waals surface area contributed by atoms with Crippen molar-refractivity contribution >= 4 is 8.32 Å². The Labute approximate surface area is 135 Å². The van der Waals surface area contributed by atoms with Crippen molar-refractivity contribution in [3.8, 4) is 0 Å². The highest BCUT2D eigenvalue weighted by Crippen LogP contribution is 2.18. The van der Waals surface area contributed by atoms with Crippen molar-refractivity contribution in [1.29, 1.82) is 0 Å². The minimum atomic E-state index is -1.38. The Morgan fingerprint density at radius 2 is 1.33 bits per heavy atom. The Balaban J connectivity index is 3.73. The van der Waals surface area contributed by atoms with Crippen molar-refractivity contribution in [3.05, 3.63) is 12.2 Å². The van der Waals surface area contributed by atoms with Crippen molar-refractivity contribution in [1.82, 2.24) is 0 Å². The lowest BCUT2D eigenvalue weighted by atomic mass is 10.1. The second kappa shape index (κ2) is 13.6. The standard InChI is InChI=1S/C19H40OSi/c1-6-8-10-11-12-13-14-15-16-18-19(17-9-7-2)20-21(3,4)5/h13-14,19H,6-12,15-18H2,1-5H3. The molecule has 0 aliphatic heterocycles. The van der Waals surface area contributed by atoms with Crippen LogP contribution in [0.25, 0.3) is 0 Å². The summed E-state index contributed by atoms with van der Waals surface area (Å²) in [5, 5.41) is 0. The molecule has 1 nitrogen and oxygen atoms in total. The van der Waals surface area contributed by atoms with E-state index in [0.29, 0.717) is 6.10 Å². The van der Waals surface area contributed by atoms with E-state index in [2.05, 4.69) is 45.6 Å². The van der Waals surface area contributed by atoms with Gasteiger partial charge in [-0.2, -0.15) is 0 Å². The van der Waals surface area contributed by atoms with Crippen LogP contribution in [-0.4, -0.2) is 14.4 Å². The maximum absolute atomic E-state index is 6.33. The Morgan fingerprint density at radius 1 is 0.762 bits per heavy atom. The van der Waals surface area contributed by atoms with E-state index in [-0.39, 0.29) is 0 Å². The molecule has 1 atom stereocenters. The Hall–Kier alpha value is -0.0831. The molecule has 0 spiro atoms. The van der Waals surface area contributed by atoms with Crippen LogP contribution in [0.3, 0.4) is 0 Å². The number of rotatable bonds is 14. The first-order valence-electron chi connectivity index (χ1n) is 9.32. The monoisotopic (exact) mass is 312 g/mol. The fourth-order valence-corrected chi connectivity index (χ4v) is 3.82. The van der Waals surface area contributed by atoms with E-state index < -0.39 is 8.32 Å². The topological polar surface area (TPSA) is 9.23 Å². The summed E-state index contributed by atoms with van der Waals surface area (Å²) in [7, 11) is -1.38. The summed E-state index contributed by atoms with van der Waals surface area (Å²) in [6.07, 6.45) is 19.6. The highest BCUT2D eigenvalue weighted by Gasteiger charge is 2.20. The zero-order valence-electron chi connectivity index (χ0n) is 15.4. The van der Waals surface area contributed by atoms with Gasteiger partial charge >= 0.3 is 0 Å². The lowest BCUT2D eigenvalue weighted by Crippen LogP contribution is -2.32. The smallest absolute Gasteiger partial charge is 0.184 e. The van der Waals surface area contributed by atoms with Crippen molar-refractivity contribution in [2.45, 2.75) is 110 Å². The first-order valence-corrected chi connectivity index (χ1v) is 12.7. The summed E-state index contributed by atoms with van der Waals surface area (Å²) in [6.45, 7) is 11.5. The number of allylic oxidation sites excluding steroid dienone is 2. The van der Waals surface area contributed by atoms with E-state index in [1.807, 2.05) is 0 Å². The summed E-state index contributed by atoms with van der Waals surface area (Å²) >= 11 is 0. The fraction of sp³-hybridized carbons (Fsp3) is 0.895. The minimum absolute atomic E-state index is 0.509. The predicted octanol–water partition coefficient (Wildman–Crippen LogP) is 7.09. The largest absolute Gasteiger partial charge is 0.415 e. The van der Waals surface area contributed by atoms with Crippen LogP contribution in [-0.2, 0) is 4.43 Å². The van der Waals surface area contributed by atoms with Crippen LogP contribution in [0, 0.1) is 0 Å². The van der Waals surface area contributed by atoms with Gasteiger partial charge in [-0.25, -0.2) is 0 Å². The third kappa shape index (κ3) is 16.1. The molecule has 126 valence electrons. The van der Waals surface area contributed by atoms with E-state index in [9.17, 15) is 0 Å². The molecule has 0 rings (SSSR count). The Morgan fingerprint density at radius 3 is 1.90 bits per heavy atom. The van der Waals surface area contributed by atoms with Gasteiger partial charge in [-0.3, -0.25) is 0 Å². The molecule has 0 radical (unpaired) electrons. The third-order valence-corrected chi connectivity index (χ3v) is 4.73. The van der Waals surface area contributed by atoms with Crippen LogP contribution < -0.4 is 0 Å². The summed E-state index contributed by atoms with van der Waals surface area (Å²) in [6, 6.07) is 0. The van der Waals surface area contributed by atoms with Crippen LogP contribution in [0.1, 0.15) is 84.5 Å². The highest BCUT2D eigenvalue weighted by atomic mass is 28.4. The molecule has 1 unspecified atom stereocenters. The summed E-state index contributed by atoms with van der Waals surface area (Å²) in [4.78, 5) is 0. The molecule has 0 bridgehead atoms. The van der Waals surface area contributed by atoms with Gasteiger partial charge in [0.1, 0.15) is 0 Å². The van der Waals surface area contributed by atoms with Crippen molar-refractivity contribution in [2.75, 3.05) is 0 Å². The van der Waals surface area contributed by atoms with Crippen molar-refractivity contribution < 1.29 is 4.43 Å². The number of unbranched alkanes of at least 4 members (excludes halogenated alkanes) is 6. The zero-order chi connectivity index (χ0) is 16.0. The highest BCUT2D eigenvalue weighted by molar-refractivity contribution is 6.69. The average molecular weight is 313 g/mol. The molecule has 0 aromatic carbocycles. The van der Waals surface area contributed by atoms with Crippen LogP contribution in [0.2, 0.25) is 19.6 Å². The molecule has 0 fully saturated rings. The average Bonchev–Trinajstić information content (AvgIpc) is 2.41. The van der Waals surface area contributed by atoms with Crippen molar-refractivity contribution in [3.63, 3.8) is 0 Å². The van der Waals surface area contributed by atoms with Gasteiger partial charge in [-0.05, 0) is 58.2 Å². The lowest BCUT2D eigenvalue weighted by molar-refractivity contribution is 0.168. The lowest BCUT2D eigenvalue weighted by Gasteiger charge is -2.26. The number of hydrogen-bond donors (Lipinski definition) is 0. The summed E-state index contributed by atoms with van der Waals surface area (Å²) in [5.41, 5.74) is 0. The molecule has 0 aliphatic rings. The van der Waals surface area contributed by atoms with Gasteiger partial charge in [-0.15, -0.1) is 0 Å². The molecule has 0 saturated carbocycles. The molecule has 0 heterocycles. The van der Waals surface area contributed by atoms with Crippen LogP contribution in [0.5, 0.6) is 0 Å². The normalized spacial score (nSPS) is 14.0. The molecule has 0 N–H and O–H groups in total. The molecule has 21 heavy (non-hydrogen) atoms. The first-order chi connectivity index (χ1) is 9.99.